The molecule has 19 heavy (non-hydrogen) atoms. The third kappa shape index (κ3) is 2.19. The van der Waals surface area contributed by atoms with E-state index < -0.39 is 17.5 Å². The van der Waals surface area contributed by atoms with E-state index in [1.54, 1.807) is 0 Å². The van der Waals surface area contributed by atoms with Gasteiger partial charge in [0.1, 0.15) is 11.5 Å². The standard InChI is InChI=1S/C13H11F3O3/c1-18-10-6-4-9(5-7-10)12(17,13(14,15)16)11-3-2-8-19-11/h2-8,17H,1H3. The first-order chi connectivity index (χ1) is 8.89. The van der Waals surface area contributed by atoms with Crippen molar-refractivity contribution in [2.24, 2.45) is 0 Å². The maximum Gasteiger partial charge on any atom is 0.428 e. The van der Waals surface area contributed by atoms with Crippen molar-refractivity contribution in [2.75, 3.05) is 7.11 Å². The van der Waals surface area contributed by atoms with Gasteiger partial charge in [0.25, 0.3) is 0 Å². The second-order valence-corrected chi connectivity index (χ2v) is 3.91. The van der Waals surface area contributed by atoms with Crippen LogP contribution < -0.4 is 4.74 Å². The monoisotopic (exact) mass is 272 g/mol. The van der Waals surface area contributed by atoms with Crippen LogP contribution in [-0.4, -0.2) is 18.4 Å². The van der Waals surface area contributed by atoms with Crippen molar-refractivity contribution in [3.63, 3.8) is 0 Å². The normalized spacial score (nSPS) is 15.0. The second-order valence-electron chi connectivity index (χ2n) is 3.91. The molecule has 2 rings (SSSR count). The minimum absolute atomic E-state index is 0.337. The Morgan fingerprint density at radius 3 is 2.16 bits per heavy atom. The summed E-state index contributed by atoms with van der Waals surface area (Å²) in [5.41, 5.74) is -3.52. The number of furan rings is 1. The van der Waals surface area contributed by atoms with E-state index in [4.69, 9.17) is 9.15 Å². The van der Waals surface area contributed by atoms with E-state index in [1.165, 1.54) is 25.3 Å². The van der Waals surface area contributed by atoms with E-state index in [0.29, 0.717) is 5.75 Å². The van der Waals surface area contributed by atoms with E-state index in [2.05, 4.69) is 0 Å². The van der Waals surface area contributed by atoms with E-state index in [9.17, 15) is 18.3 Å². The molecule has 0 amide bonds. The van der Waals surface area contributed by atoms with E-state index in [-0.39, 0.29) is 5.56 Å². The number of ether oxygens (including phenoxy) is 1. The Kier molecular flexibility index (Phi) is 3.28. The van der Waals surface area contributed by atoms with Gasteiger partial charge in [-0.1, -0.05) is 12.1 Å². The van der Waals surface area contributed by atoms with Crippen molar-refractivity contribution in [1.82, 2.24) is 0 Å². The topological polar surface area (TPSA) is 42.6 Å². The second kappa shape index (κ2) is 4.62. The lowest BCUT2D eigenvalue weighted by molar-refractivity contribution is -0.254. The third-order valence-corrected chi connectivity index (χ3v) is 2.80. The third-order valence-electron chi connectivity index (χ3n) is 2.80. The summed E-state index contributed by atoms with van der Waals surface area (Å²) < 4.78 is 49.2. The fourth-order valence-corrected chi connectivity index (χ4v) is 1.76. The van der Waals surface area contributed by atoms with Crippen LogP contribution in [0.25, 0.3) is 0 Å². The Hall–Kier alpha value is -1.95. The smallest absolute Gasteiger partial charge is 0.428 e. The summed E-state index contributed by atoms with van der Waals surface area (Å²) >= 11 is 0. The molecule has 1 aromatic heterocycles. The van der Waals surface area contributed by atoms with Crippen LogP contribution in [0.2, 0.25) is 0 Å². The van der Waals surface area contributed by atoms with Gasteiger partial charge in [0.2, 0.25) is 5.60 Å². The number of benzene rings is 1. The molecule has 1 heterocycles. The number of rotatable bonds is 3. The maximum absolute atomic E-state index is 13.2. The van der Waals surface area contributed by atoms with E-state index >= 15 is 0 Å². The average molecular weight is 272 g/mol. The lowest BCUT2D eigenvalue weighted by Gasteiger charge is -2.29. The summed E-state index contributed by atoms with van der Waals surface area (Å²) in [5, 5.41) is 10.1. The van der Waals surface area contributed by atoms with Gasteiger partial charge in [0.05, 0.1) is 13.4 Å². The molecule has 2 aromatic rings. The molecule has 0 aliphatic carbocycles. The van der Waals surface area contributed by atoms with Crippen LogP contribution >= 0.6 is 0 Å². The predicted molar refractivity (Wildman–Crippen MR) is 60.8 cm³/mol. The molecule has 0 fully saturated rings. The van der Waals surface area contributed by atoms with Gasteiger partial charge in [0, 0.05) is 5.56 Å². The van der Waals surface area contributed by atoms with Crippen LogP contribution in [0, 0.1) is 0 Å². The highest BCUT2D eigenvalue weighted by atomic mass is 19.4. The molecule has 0 bridgehead atoms. The molecule has 0 aliphatic rings. The van der Waals surface area contributed by atoms with Crippen LogP contribution in [-0.2, 0) is 5.60 Å². The zero-order valence-corrected chi connectivity index (χ0v) is 9.94. The zero-order chi connectivity index (χ0) is 14.1. The first-order valence-electron chi connectivity index (χ1n) is 5.37. The fraction of sp³-hybridized carbons (Fsp3) is 0.231. The van der Waals surface area contributed by atoms with Gasteiger partial charge in [-0.25, -0.2) is 0 Å². The van der Waals surface area contributed by atoms with E-state index in [0.717, 1.165) is 24.5 Å². The highest BCUT2D eigenvalue weighted by Crippen LogP contribution is 2.44. The Morgan fingerprint density at radius 2 is 1.74 bits per heavy atom. The SMILES string of the molecule is COc1ccc(C(O)(c2ccco2)C(F)(F)F)cc1. The zero-order valence-electron chi connectivity index (χ0n) is 9.94. The Bertz CT molecular complexity index is 531. The quantitative estimate of drug-likeness (QED) is 0.933. The summed E-state index contributed by atoms with van der Waals surface area (Å²) in [7, 11) is 1.40. The van der Waals surface area contributed by atoms with Crippen molar-refractivity contribution in [3.05, 3.63) is 54.0 Å². The lowest BCUT2D eigenvalue weighted by atomic mass is 9.90. The van der Waals surface area contributed by atoms with Crippen molar-refractivity contribution in [1.29, 1.82) is 0 Å². The van der Waals surface area contributed by atoms with Crippen LogP contribution in [0.1, 0.15) is 11.3 Å². The number of aliphatic hydroxyl groups is 1. The van der Waals surface area contributed by atoms with Crippen molar-refractivity contribution in [2.45, 2.75) is 11.8 Å². The number of alkyl halides is 3. The summed E-state index contributed by atoms with van der Waals surface area (Å²) in [4.78, 5) is 0. The molecule has 1 unspecified atom stereocenters. The molecule has 102 valence electrons. The molecule has 0 aliphatic heterocycles. The molecular formula is C13H11F3O3. The molecular weight excluding hydrogens is 261 g/mol. The molecule has 1 aromatic carbocycles. The van der Waals surface area contributed by atoms with Crippen molar-refractivity contribution >= 4 is 0 Å². The van der Waals surface area contributed by atoms with Gasteiger partial charge in [0.15, 0.2) is 0 Å². The van der Waals surface area contributed by atoms with Crippen molar-refractivity contribution in [3.8, 4) is 5.75 Å². The van der Waals surface area contributed by atoms with Crippen LogP contribution in [0.15, 0.2) is 47.1 Å². The predicted octanol–water partition coefficient (Wildman–Crippen LogP) is 3.09. The maximum atomic E-state index is 13.2. The van der Waals surface area contributed by atoms with Crippen LogP contribution in [0.4, 0.5) is 13.2 Å². The first-order valence-corrected chi connectivity index (χ1v) is 5.37. The number of hydrogen-bond donors (Lipinski definition) is 1. The molecule has 6 heteroatoms. The Morgan fingerprint density at radius 1 is 1.11 bits per heavy atom. The summed E-state index contributed by atoms with van der Waals surface area (Å²) in [6, 6.07) is 7.35. The molecule has 0 radical (unpaired) electrons. The van der Waals surface area contributed by atoms with Crippen LogP contribution in [0.3, 0.4) is 0 Å². The molecule has 3 nitrogen and oxygen atoms in total. The van der Waals surface area contributed by atoms with Crippen molar-refractivity contribution < 1.29 is 27.4 Å². The van der Waals surface area contributed by atoms with Gasteiger partial charge >= 0.3 is 6.18 Å². The number of methoxy groups -OCH3 is 1. The number of hydrogen-bond acceptors (Lipinski definition) is 3. The molecule has 1 N–H and O–H groups in total. The summed E-state index contributed by atoms with van der Waals surface area (Å²) in [5.74, 6) is -0.183. The molecule has 0 saturated carbocycles. The number of halogens is 3. The highest BCUT2D eigenvalue weighted by Gasteiger charge is 2.58. The minimum atomic E-state index is -4.90. The van der Waals surface area contributed by atoms with Gasteiger partial charge in [-0.2, -0.15) is 13.2 Å². The summed E-state index contributed by atoms with van der Waals surface area (Å²) in [6.45, 7) is 0. The largest absolute Gasteiger partial charge is 0.497 e. The Labute approximate surface area is 107 Å². The average Bonchev–Trinajstić information content (AvgIpc) is 2.90. The minimum Gasteiger partial charge on any atom is -0.497 e. The summed E-state index contributed by atoms with van der Waals surface area (Å²) in [6.07, 6.45) is -3.82. The van der Waals surface area contributed by atoms with E-state index in [1.807, 2.05) is 0 Å². The first kappa shape index (κ1) is 13.5. The fourth-order valence-electron chi connectivity index (χ4n) is 1.76. The van der Waals surface area contributed by atoms with Gasteiger partial charge in [-0.05, 0) is 24.3 Å². The lowest BCUT2D eigenvalue weighted by Crippen LogP contribution is -2.43. The van der Waals surface area contributed by atoms with Gasteiger partial charge < -0.3 is 14.3 Å². The highest BCUT2D eigenvalue weighted by molar-refractivity contribution is 5.37. The van der Waals surface area contributed by atoms with Gasteiger partial charge in [-0.3, -0.25) is 0 Å². The van der Waals surface area contributed by atoms with Crippen LogP contribution in [0.5, 0.6) is 5.75 Å². The molecule has 1 atom stereocenters. The molecule has 0 spiro atoms. The Balaban J connectivity index is 2.55. The molecule has 0 saturated heterocycles. The van der Waals surface area contributed by atoms with Gasteiger partial charge in [-0.15, -0.1) is 0 Å².